The Morgan fingerprint density at radius 3 is 2.71 bits per heavy atom. The molecule has 1 rings (SSSR count). The Morgan fingerprint density at radius 2 is 2.18 bits per heavy atom. The zero-order valence-corrected chi connectivity index (χ0v) is 9.91. The summed E-state index contributed by atoms with van der Waals surface area (Å²) in [6.07, 6.45) is -0.638. The lowest BCUT2D eigenvalue weighted by Crippen LogP contribution is -2.25. The van der Waals surface area contributed by atoms with E-state index >= 15 is 0 Å². The lowest BCUT2D eigenvalue weighted by Gasteiger charge is -2.21. The Hall–Kier alpha value is -1.66. The molecule has 0 aromatic carbocycles. The minimum absolute atomic E-state index is 0.388. The van der Waals surface area contributed by atoms with Crippen molar-refractivity contribution in [2.75, 3.05) is 14.2 Å². The molecule has 0 aliphatic carbocycles. The summed E-state index contributed by atoms with van der Waals surface area (Å²) >= 11 is 0. The monoisotopic (exact) mass is 241 g/mol. The van der Waals surface area contributed by atoms with Crippen molar-refractivity contribution in [1.82, 2.24) is 4.98 Å². The lowest BCUT2D eigenvalue weighted by atomic mass is 10.1. The predicted molar refractivity (Wildman–Crippen MR) is 58.3 cm³/mol. The van der Waals surface area contributed by atoms with Gasteiger partial charge in [0.15, 0.2) is 0 Å². The Balaban J connectivity index is 2.88. The van der Waals surface area contributed by atoms with Gasteiger partial charge in [-0.15, -0.1) is 0 Å². The third kappa shape index (κ3) is 3.69. The molecule has 94 valence electrons. The van der Waals surface area contributed by atoms with Crippen molar-refractivity contribution in [3.05, 3.63) is 23.9 Å². The maximum absolute atomic E-state index is 10.8. The number of aliphatic hydroxyl groups excluding tert-OH is 1. The third-order valence-corrected chi connectivity index (χ3v) is 2.10. The van der Waals surface area contributed by atoms with Crippen LogP contribution in [0, 0.1) is 0 Å². The smallest absolute Gasteiger partial charge is 0.305 e. The number of esters is 1. The van der Waals surface area contributed by atoms with Crippen LogP contribution in [0.1, 0.15) is 18.6 Å². The van der Waals surface area contributed by atoms with Crippen LogP contribution >= 0.6 is 0 Å². The number of aliphatic hydroxyl groups is 1. The number of methoxy groups -OCH3 is 2. The number of hydrogen-bond acceptors (Lipinski definition) is 6. The molecule has 0 bridgehead atoms. The van der Waals surface area contributed by atoms with E-state index in [1.54, 1.807) is 12.1 Å². The van der Waals surface area contributed by atoms with E-state index in [-0.39, 0.29) is 0 Å². The largest absolute Gasteiger partial charge is 0.481 e. The Kier molecular flexibility index (Phi) is 4.86. The van der Waals surface area contributed by atoms with Gasteiger partial charge < -0.3 is 19.3 Å². The van der Waals surface area contributed by atoms with Crippen LogP contribution in [0.15, 0.2) is 18.3 Å². The van der Waals surface area contributed by atoms with Gasteiger partial charge in [-0.2, -0.15) is 0 Å². The summed E-state index contributed by atoms with van der Waals surface area (Å²) in [5, 5.41) is 9.67. The summed E-state index contributed by atoms with van der Waals surface area (Å²) in [5.74, 6) is -0.194. The first-order valence-corrected chi connectivity index (χ1v) is 4.96. The molecule has 6 heteroatoms. The fraction of sp³-hybridized carbons (Fsp3) is 0.455. The van der Waals surface area contributed by atoms with Crippen molar-refractivity contribution >= 4 is 5.97 Å². The fourth-order valence-corrected chi connectivity index (χ4v) is 1.36. The van der Waals surface area contributed by atoms with Crippen LogP contribution in [0.3, 0.4) is 0 Å². The molecule has 0 saturated heterocycles. The van der Waals surface area contributed by atoms with Gasteiger partial charge in [0, 0.05) is 26.3 Å². The fourth-order valence-electron chi connectivity index (χ4n) is 1.36. The van der Waals surface area contributed by atoms with E-state index in [9.17, 15) is 9.90 Å². The predicted octanol–water partition coefficient (Wildman–Crippen LogP) is 0.659. The van der Waals surface area contributed by atoms with Gasteiger partial charge >= 0.3 is 5.97 Å². The zero-order valence-electron chi connectivity index (χ0n) is 9.91. The third-order valence-electron chi connectivity index (χ3n) is 2.10. The van der Waals surface area contributed by atoms with Crippen LogP contribution < -0.4 is 4.74 Å². The number of nitrogens with zero attached hydrogens (tertiary/aromatic N) is 1. The molecule has 0 spiro atoms. The van der Waals surface area contributed by atoms with Gasteiger partial charge in [-0.05, 0) is 11.6 Å². The number of carbonyl (C=O) groups is 1. The van der Waals surface area contributed by atoms with Crippen LogP contribution in [0.4, 0.5) is 0 Å². The second kappa shape index (κ2) is 6.17. The number of hydrogen-bond donors (Lipinski definition) is 1. The Labute approximate surface area is 99.1 Å². The van der Waals surface area contributed by atoms with Crippen LogP contribution in [-0.4, -0.2) is 36.6 Å². The summed E-state index contributed by atoms with van der Waals surface area (Å²) in [4.78, 5) is 14.7. The molecule has 2 unspecified atom stereocenters. The first kappa shape index (κ1) is 13.4. The van der Waals surface area contributed by atoms with Crippen molar-refractivity contribution in [2.24, 2.45) is 0 Å². The lowest BCUT2D eigenvalue weighted by molar-refractivity contribution is -0.189. The van der Waals surface area contributed by atoms with E-state index in [4.69, 9.17) is 9.47 Å². The van der Waals surface area contributed by atoms with Crippen molar-refractivity contribution in [3.8, 4) is 5.88 Å². The molecular formula is C11H15NO5. The standard InChI is InChI=1S/C11H15NO5/c1-7(13)17-11(14)10(16-3)8-4-5-12-9(6-8)15-2/h4-6,10-11,14H,1-3H3. The first-order chi connectivity index (χ1) is 8.08. The highest BCUT2D eigenvalue weighted by Crippen LogP contribution is 2.23. The molecule has 1 aromatic rings. The molecule has 0 aliphatic heterocycles. The molecule has 1 heterocycles. The van der Waals surface area contributed by atoms with E-state index in [2.05, 4.69) is 9.72 Å². The minimum Gasteiger partial charge on any atom is -0.481 e. The SMILES string of the molecule is COc1cc(C(OC)C(O)OC(C)=O)ccn1. The van der Waals surface area contributed by atoms with E-state index in [1.165, 1.54) is 27.3 Å². The molecule has 17 heavy (non-hydrogen) atoms. The minimum atomic E-state index is -1.37. The maximum atomic E-state index is 10.8. The summed E-state index contributed by atoms with van der Waals surface area (Å²) in [6.45, 7) is 1.21. The number of pyridine rings is 1. The Morgan fingerprint density at radius 1 is 1.47 bits per heavy atom. The quantitative estimate of drug-likeness (QED) is 0.602. The molecule has 2 atom stereocenters. The normalized spacial score (nSPS) is 13.9. The van der Waals surface area contributed by atoms with E-state index in [0.717, 1.165) is 0 Å². The molecule has 0 radical (unpaired) electrons. The number of rotatable bonds is 5. The van der Waals surface area contributed by atoms with E-state index in [1.807, 2.05) is 0 Å². The van der Waals surface area contributed by atoms with Gasteiger partial charge in [0.1, 0.15) is 6.10 Å². The van der Waals surface area contributed by atoms with Crippen LogP contribution in [0.2, 0.25) is 0 Å². The van der Waals surface area contributed by atoms with Crippen LogP contribution in [0.5, 0.6) is 5.88 Å². The average molecular weight is 241 g/mol. The van der Waals surface area contributed by atoms with Crippen molar-refractivity contribution in [3.63, 3.8) is 0 Å². The zero-order chi connectivity index (χ0) is 12.8. The summed E-state index contributed by atoms with van der Waals surface area (Å²) in [5.41, 5.74) is 0.605. The van der Waals surface area contributed by atoms with Crippen molar-refractivity contribution < 1.29 is 24.1 Å². The van der Waals surface area contributed by atoms with Crippen LogP contribution in [-0.2, 0) is 14.3 Å². The Bertz CT molecular complexity index is 382. The highest BCUT2D eigenvalue weighted by molar-refractivity contribution is 5.66. The molecule has 0 fully saturated rings. The van der Waals surface area contributed by atoms with Gasteiger partial charge in [-0.3, -0.25) is 4.79 Å². The number of aromatic nitrogens is 1. The first-order valence-electron chi connectivity index (χ1n) is 4.96. The highest BCUT2D eigenvalue weighted by atomic mass is 16.7. The maximum Gasteiger partial charge on any atom is 0.305 e. The van der Waals surface area contributed by atoms with Gasteiger partial charge in [0.25, 0.3) is 0 Å². The molecule has 0 aliphatic rings. The molecule has 0 saturated carbocycles. The summed E-state index contributed by atoms with van der Waals surface area (Å²) < 4.78 is 14.7. The van der Waals surface area contributed by atoms with Crippen molar-refractivity contribution in [1.29, 1.82) is 0 Å². The second-order valence-electron chi connectivity index (χ2n) is 3.29. The van der Waals surface area contributed by atoms with E-state index in [0.29, 0.717) is 11.4 Å². The van der Waals surface area contributed by atoms with Gasteiger partial charge in [0.05, 0.1) is 7.11 Å². The van der Waals surface area contributed by atoms with Crippen LogP contribution in [0.25, 0.3) is 0 Å². The summed E-state index contributed by atoms with van der Waals surface area (Å²) in [7, 11) is 2.89. The highest BCUT2D eigenvalue weighted by Gasteiger charge is 2.24. The van der Waals surface area contributed by atoms with E-state index < -0.39 is 18.4 Å². The molecule has 1 N–H and O–H groups in total. The van der Waals surface area contributed by atoms with Gasteiger partial charge in [-0.25, -0.2) is 4.98 Å². The van der Waals surface area contributed by atoms with Gasteiger partial charge in [0.2, 0.25) is 12.2 Å². The topological polar surface area (TPSA) is 77.9 Å². The number of carbonyl (C=O) groups excluding carboxylic acids is 1. The molecule has 0 amide bonds. The molecule has 1 aromatic heterocycles. The summed E-state index contributed by atoms with van der Waals surface area (Å²) in [6, 6.07) is 3.24. The molecule has 6 nitrogen and oxygen atoms in total. The number of ether oxygens (including phenoxy) is 3. The average Bonchev–Trinajstić information content (AvgIpc) is 2.29. The van der Waals surface area contributed by atoms with Gasteiger partial charge in [-0.1, -0.05) is 0 Å². The molecular weight excluding hydrogens is 226 g/mol. The second-order valence-corrected chi connectivity index (χ2v) is 3.29. The van der Waals surface area contributed by atoms with Crippen molar-refractivity contribution in [2.45, 2.75) is 19.3 Å².